The molecular weight excluding hydrogens is 300 g/mol. The summed E-state index contributed by atoms with van der Waals surface area (Å²) >= 11 is 0. The van der Waals surface area contributed by atoms with Crippen molar-refractivity contribution in [3.05, 3.63) is 42.5 Å². The Balaban J connectivity index is 1.43. The van der Waals surface area contributed by atoms with E-state index in [2.05, 4.69) is 31.8 Å². The highest BCUT2D eigenvalue weighted by molar-refractivity contribution is 5.86. The zero-order valence-electron chi connectivity index (χ0n) is 13.6. The number of aryl methyl sites for hydroxylation is 1. The zero-order chi connectivity index (χ0) is 16.5. The largest absolute Gasteiger partial charge is 0.384 e. The van der Waals surface area contributed by atoms with Gasteiger partial charge in [-0.1, -0.05) is 0 Å². The van der Waals surface area contributed by atoms with Crippen LogP contribution in [-0.4, -0.2) is 19.5 Å². The molecule has 4 rings (SSSR count). The van der Waals surface area contributed by atoms with E-state index < -0.39 is 0 Å². The number of pyridine rings is 1. The second kappa shape index (κ2) is 6.11. The molecule has 2 atom stereocenters. The fourth-order valence-electron chi connectivity index (χ4n) is 3.87. The van der Waals surface area contributed by atoms with Gasteiger partial charge in [0.25, 0.3) is 0 Å². The summed E-state index contributed by atoms with van der Waals surface area (Å²) in [6.45, 7) is 0. The maximum Gasteiger partial charge on any atom is 0.145 e. The Kier molecular flexibility index (Phi) is 3.80. The number of hydrogen-bond acceptors (Lipinski definition) is 5. The first-order valence-electron chi connectivity index (χ1n) is 8.48. The number of fused-ring (bicyclic) bond motifs is 1. The minimum Gasteiger partial charge on any atom is -0.384 e. The molecule has 3 aromatic heterocycles. The average molecular weight is 322 g/mol. The van der Waals surface area contributed by atoms with E-state index >= 15 is 0 Å². The number of nitrogens with zero attached hydrogens (tertiary/aromatic N) is 4. The Labute approximate surface area is 140 Å². The van der Waals surface area contributed by atoms with Gasteiger partial charge in [0.05, 0.1) is 5.39 Å². The summed E-state index contributed by atoms with van der Waals surface area (Å²) in [5.74, 6) is 1.90. The maximum absolute atomic E-state index is 5.94. The molecule has 1 fully saturated rings. The lowest BCUT2D eigenvalue weighted by atomic mass is 9.98. The molecule has 0 spiro atoms. The lowest BCUT2D eigenvalue weighted by Gasteiger charge is -2.14. The summed E-state index contributed by atoms with van der Waals surface area (Å²) in [5, 5.41) is 0.952. The van der Waals surface area contributed by atoms with Gasteiger partial charge in [0, 0.05) is 18.4 Å². The van der Waals surface area contributed by atoms with Gasteiger partial charge in [-0.15, -0.1) is 0 Å². The maximum atomic E-state index is 5.94. The van der Waals surface area contributed by atoms with E-state index in [1.807, 2.05) is 12.1 Å². The molecule has 3 heterocycles. The van der Waals surface area contributed by atoms with Gasteiger partial charge in [-0.2, -0.15) is 0 Å². The van der Waals surface area contributed by atoms with E-state index in [9.17, 15) is 0 Å². The number of hydrogen-bond donors (Lipinski definition) is 2. The second-order valence-corrected chi connectivity index (χ2v) is 6.68. The molecule has 24 heavy (non-hydrogen) atoms. The normalized spacial score (nSPS) is 20.7. The van der Waals surface area contributed by atoms with Gasteiger partial charge >= 0.3 is 0 Å². The van der Waals surface area contributed by atoms with Crippen LogP contribution in [0.15, 0.2) is 36.9 Å². The van der Waals surface area contributed by atoms with Gasteiger partial charge in [-0.25, -0.2) is 15.0 Å². The highest BCUT2D eigenvalue weighted by Crippen LogP contribution is 2.38. The number of nitrogen functional groups attached to an aromatic ring is 2. The minimum absolute atomic E-state index is 0.504. The van der Waals surface area contributed by atoms with Crippen LogP contribution in [-0.2, 0) is 6.42 Å². The Morgan fingerprint density at radius 1 is 1.12 bits per heavy atom. The Bertz CT molecular complexity index is 856. The lowest BCUT2D eigenvalue weighted by molar-refractivity contribution is 0.461. The average Bonchev–Trinajstić information content (AvgIpc) is 3.20. The topological polar surface area (TPSA) is 95.6 Å². The van der Waals surface area contributed by atoms with Crippen molar-refractivity contribution in [3.8, 4) is 0 Å². The van der Waals surface area contributed by atoms with Crippen molar-refractivity contribution in [1.82, 2.24) is 19.5 Å². The number of rotatable bonds is 4. The SMILES string of the molecule is Nc1cc(CCC2CCC(n3ccc4c(N)ncnc43)C2)ccn1. The molecule has 0 aliphatic heterocycles. The summed E-state index contributed by atoms with van der Waals surface area (Å²) in [6, 6.07) is 6.56. The molecule has 0 bridgehead atoms. The fourth-order valence-corrected chi connectivity index (χ4v) is 3.87. The van der Waals surface area contributed by atoms with Crippen molar-refractivity contribution in [2.24, 2.45) is 5.92 Å². The van der Waals surface area contributed by atoms with E-state index in [4.69, 9.17) is 11.5 Å². The van der Waals surface area contributed by atoms with Crippen molar-refractivity contribution in [2.45, 2.75) is 38.1 Å². The Hall–Kier alpha value is -2.63. The standard InChI is InChI=1S/C18H22N6/c19-16-10-13(5-7-21-16)2-1-12-3-4-14(9-12)24-8-6-15-17(20)22-11-23-18(15)24/h5-8,10-12,14H,1-4,9H2,(H2,19,21)(H2,20,22,23). The molecule has 6 nitrogen and oxygen atoms in total. The van der Waals surface area contributed by atoms with Gasteiger partial charge in [0.15, 0.2) is 0 Å². The predicted octanol–water partition coefficient (Wildman–Crippen LogP) is 2.96. The summed E-state index contributed by atoms with van der Waals surface area (Å²) < 4.78 is 2.28. The lowest BCUT2D eigenvalue weighted by Crippen LogP contribution is -2.06. The number of nitrogens with two attached hydrogens (primary N) is 2. The molecule has 0 radical (unpaired) electrons. The quantitative estimate of drug-likeness (QED) is 0.770. The van der Waals surface area contributed by atoms with Crippen LogP contribution in [0.2, 0.25) is 0 Å². The molecular formula is C18H22N6. The van der Waals surface area contributed by atoms with Crippen LogP contribution < -0.4 is 11.5 Å². The van der Waals surface area contributed by atoms with Gasteiger partial charge in [0.1, 0.15) is 23.6 Å². The number of aromatic nitrogens is 4. The van der Waals surface area contributed by atoms with Gasteiger partial charge in [-0.3, -0.25) is 0 Å². The van der Waals surface area contributed by atoms with Gasteiger partial charge in [0.2, 0.25) is 0 Å². The monoisotopic (exact) mass is 322 g/mol. The number of anilines is 2. The highest BCUT2D eigenvalue weighted by Gasteiger charge is 2.26. The van der Waals surface area contributed by atoms with Crippen LogP contribution in [0.4, 0.5) is 11.6 Å². The Morgan fingerprint density at radius 3 is 2.92 bits per heavy atom. The van der Waals surface area contributed by atoms with Crippen molar-refractivity contribution in [1.29, 1.82) is 0 Å². The van der Waals surface area contributed by atoms with Crippen molar-refractivity contribution < 1.29 is 0 Å². The fraction of sp³-hybridized carbons (Fsp3) is 0.389. The molecule has 4 N–H and O–H groups in total. The predicted molar refractivity (Wildman–Crippen MR) is 95.3 cm³/mol. The van der Waals surface area contributed by atoms with Crippen molar-refractivity contribution >= 4 is 22.7 Å². The van der Waals surface area contributed by atoms with Crippen LogP contribution in [0.1, 0.15) is 37.3 Å². The summed E-state index contributed by atoms with van der Waals surface area (Å²) in [5.41, 5.74) is 13.9. The third-order valence-corrected chi connectivity index (χ3v) is 5.13. The Morgan fingerprint density at radius 2 is 2.04 bits per heavy atom. The molecule has 1 aliphatic rings. The van der Waals surface area contributed by atoms with E-state index in [1.54, 1.807) is 12.5 Å². The zero-order valence-corrected chi connectivity index (χ0v) is 13.6. The molecule has 2 unspecified atom stereocenters. The first-order chi connectivity index (χ1) is 11.7. The van der Waals surface area contributed by atoms with E-state index in [1.165, 1.54) is 31.2 Å². The summed E-state index contributed by atoms with van der Waals surface area (Å²) in [6.07, 6.45) is 11.3. The highest BCUT2D eigenvalue weighted by atomic mass is 15.1. The third-order valence-electron chi connectivity index (χ3n) is 5.13. The van der Waals surface area contributed by atoms with Crippen molar-refractivity contribution in [3.63, 3.8) is 0 Å². The summed E-state index contributed by atoms with van der Waals surface area (Å²) in [7, 11) is 0. The molecule has 6 heteroatoms. The van der Waals surface area contributed by atoms with E-state index in [-0.39, 0.29) is 0 Å². The molecule has 0 amide bonds. The third kappa shape index (κ3) is 2.79. The molecule has 1 aliphatic carbocycles. The van der Waals surface area contributed by atoms with Crippen molar-refractivity contribution in [2.75, 3.05) is 11.5 Å². The van der Waals surface area contributed by atoms with Gasteiger partial charge < -0.3 is 16.0 Å². The van der Waals surface area contributed by atoms with Crippen LogP contribution >= 0.6 is 0 Å². The smallest absolute Gasteiger partial charge is 0.145 e. The van der Waals surface area contributed by atoms with Crippen LogP contribution in [0.5, 0.6) is 0 Å². The first-order valence-corrected chi connectivity index (χ1v) is 8.48. The van der Waals surface area contributed by atoms with Crippen LogP contribution in [0.3, 0.4) is 0 Å². The molecule has 0 aromatic carbocycles. The van der Waals surface area contributed by atoms with Crippen LogP contribution in [0.25, 0.3) is 11.0 Å². The van der Waals surface area contributed by atoms with Gasteiger partial charge in [-0.05, 0) is 61.8 Å². The van der Waals surface area contributed by atoms with E-state index in [0.29, 0.717) is 17.7 Å². The molecule has 0 saturated heterocycles. The molecule has 3 aromatic rings. The second-order valence-electron chi connectivity index (χ2n) is 6.68. The minimum atomic E-state index is 0.504. The summed E-state index contributed by atoms with van der Waals surface area (Å²) in [4.78, 5) is 12.5. The molecule has 1 saturated carbocycles. The first kappa shape index (κ1) is 14.9. The molecule has 124 valence electrons. The van der Waals surface area contributed by atoms with Crippen LogP contribution in [0, 0.1) is 5.92 Å². The van der Waals surface area contributed by atoms with E-state index in [0.717, 1.165) is 23.4 Å².